The summed E-state index contributed by atoms with van der Waals surface area (Å²) in [7, 11) is 1.60. The van der Waals surface area contributed by atoms with Crippen LogP contribution in [0.3, 0.4) is 0 Å². The van der Waals surface area contributed by atoms with Gasteiger partial charge in [-0.05, 0) is 24.6 Å². The molecule has 0 fully saturated rings. The normalized spacial score (nSPS) is 10.7. The van der Waals surface area contributed by atoms with Crippen molar-refractivity contribution >= 4 is 16.8 Å². The quantitative estimate of drug-likeness (QED) is 0.800. The lowest BCUT2D eigenvalue weighted by Gasteiger charge is -2.08. The maximum absolute atomic E-state index is 11.7. The van der Waals surface area contributed by atoms with Crippen molar-refractivity contribution in [2.45, 2.75) is 6.92 Å². The number of carbonyl (C=O) groups excluding carboxylic acids is 1. The van der Waals surface area contributed by atoms with Gasteiger partial charge < -0.3 is 14.9 Å². The number of Topliss-reactive ketones (excluding diaryl/α,β-unsaturated/α-hetero) is 1. The number of hydrogen-bond donors (Lipinski definition) is 1. The predicted molar refractivity (Wildman–Crippen MR) is 60.9 cm³/mol. The second-order valence-corrected chi connectivity index (χ2v) is 3.56. The van der Waals surface area contributed by atoms with Crippen molar-refractivity contribution in [3.63, 3.8) is 0 Å². The molecule has 2 rings (SSSR count). The smallest absolute Gasteiger partial charge is 0.180 e. The van der Waals surface area contributed by atoms with Crippen LogP contribution in [0.4, 0.5) is 0 Å². The minimum Gasteiger partial charge on any atom is -0.496 e. The molecule has 0 atom stereocenters. The highest BCUT2D eigenvalue weighted by Gasteiger charge is 2.16. The molecule has 0 saturated carbocycles. The van der Waals surface area contributed by atoms with Crippen LogP contribution in [0.25, 0.3) is 11.0 Å². The van der Waals surface area contributed by atoms with E-state index in [1.807, 2.05) is 6.92 Å². The van der Waals surface area contributed by atoms with Gasteiger partial charge in [-0.25, -0.2) is 0 Å². The first kappa shape index (κ1) is 10.7. The molecular weight excluding hydrogens is 206 g/mol. The van der Waals surface area contributed by atoms with E-state index in [0.29, 0.717) is 11.1 Å². The molecule has 0 amide bonds. The molecule has 0 bridgehead atoms. The van der Waals surface area contributed by atoms with Crippen molar-refractivity contribution in [1.82, 2.24) is 0 Å². The Morgan fingerprint density at radius 1 is 1.56 bits per heavy atom. The molecule has 0 saturated heterocycles. The Morgan fingerprint density at radius 2 is 2.31 bits per heavy atom. The lowest BCUT2D eigenvalue weighted by molar-refractivity contribution is 0.100. The summed E-state index contributed by atoms with van der Waals surface area (Å²) in [6.45, 7) is 1.86. The van der Waals surface area contributed by atoms with Gasteiger partial charge in [-0.15, -0.1) is 0 Å². The van der Waals surface area contributed by atoms with Gasteiger partial charge in [-0.3, -0.25) is 4.79 Å². The standard InChI is InChI=1S/C12H13NO3/c1-7-5-9(10(14)6-13)12-8(3-4-16-12)11(7)15-2/h3-5H,6,13H2,1-2H3. The van der Waals surface area contributed by atoms with Gasteiger partial charge in [0.15, 0.2) is 5.78 Å². The molecule has 1 aromatic carbocycles. The molecule has 1 heterocycles. The summed E-state index contributed by atoms with van der Waals surface area (Å²) >= 11 is 0. The molecule has 0 radical (unpaired) electrons. The van der Waals surface area contributed by atoms with Crippen LogP contribution < -0.4 is 10.5 Å². The molecule has 0 aliphatic heterocycles. The number of furan rings is 1. The van der Waals surface area contributed by atoms with Crippen molar-refractivity contribution < 1.29 is 13.9 Å². The molecule has 2 aromatic rings. The van der Waals surface area contributed by atoms with Crippen LogP contribution in [-0.2, 0) is 0 Å². The van der Waals surface area contributed by atoms with Gasteiger partial charge in [0.25, 0.3) is 0 Å². The number of hydrogen-bond acceptors (Lipinski definition) is 4. The van der Waals surface area contributed by atoms with Crippen molar-refractivity contribution in [2.24, 2.45) is 5.73 Å². The number of ether oxygens (including phenoxy) is 1. The number of methoxy groups -OCH3 is 1. The molecule has 0 unspecified atom stereocenters. The molecule has 0 aliphatic carbocycles. The second-order valence-electron chi connectivity index (χ2n) is 3.56. The van der Waals surface area contributed by atoms with Crippen LogP contribution in [0.5, 0.6) is 5.75 Å². The minimum atomic E-state index is -0.134. The molecule has 1 aromatic heterocycles. The molecule has 4 heteroatoms. The van der Waals surface area contributed by atoms with Crippen molar-refractivity contribution in [2.75, 3.05) is 13.7 Å². The van der Waals surface area contributed by atoms with Crippen LogP contribution >= 0.6 is 0 Å². The Kier molecular flexibility index (Phi) is 2.66. The Hall–Kier alpha value is -1.81. The maximum Gasteiger partial charge on any atom is 0.180 e. The zero-order valence-electron chi connectivity index (χ0n) is 9.24. The monoisotopic (exact) mass is 219 g/mol. The summed E-state index contributed by atoms with van der Waals surface area (Å²) in [6, 6.07) is 3.54. The number of benzene rings is 1. The van der Waals surface area contributed by atoms with E-state index in [2.05, 4.69) is 0 Å². The number of fused-ring (bicyclic) bond motifs is 1. The van der Waals surface area contributed by atoms with E-state index in [1.165, 1.54) is 0 Å². The van der Waals surface area contributed by atoms with Crippen LogP contribution in [-0.4, -0.2) is 19.4 Å². The average Bonchev–Trinajstić information content (AvgIpc) is 2.75. The topological polar surface area (TPSA) is 65.5 Å². The van der Waals surface area contributed by atoms with E-state index in [4.69, 9.17) is 14.9 Å². The lowest BCUT2D eigenvalue weighted by Crippen LogP contribution is -2.14. The Balaban J connectivity index is 2.77. The summed E-state index contributed by atoms with van der Waals surface area (Å²) in [5.41, 5.74) is 7.31. The van der Waals surface area contributed by atoms with Gasteiger partial charge in [0, 0.05) is 0 Å². The Morgan fingerprint density at radius 3 is 2.94 bits per heavy atom. The minimum absolute atomic E-state index is 0.0262. The Bertz CT molecular complexity index is 542. The number of nitrogens with two attached hydrogens (primary N) is 1. The lowest BCUT2D eigenvalue weighted by atomic mass is 10.0. The van der Waals surface area contributed by atoms with E-state index in [1.54, 1.807) is 25.5 Å². The van der Waals surface area contributed by atoms with E-state index >= 15 is 0 Å². The van der Waals surface area contributed by atoms with E-state index in [9.17, 15) is 4.79 Å². The molecule has 4 nitrogen and oxygen atoms in total. The fourth-order valence-electron chi connectivity index (χ4n) is 1.84. The third-order valence-electron chi connectivity index (χ3n) is 2.56. The summed E-state index contributed by atoms with van der Waals surface area (Å²) in [4.78, 5) is 11.7. The van der Waals surface area contributed by atoms with Crippen LogP contribution in [0.1, 0.15) is 15.9 Å². The number of rotatable bonds is 3. The first-order valence-corrected chi connectivity index (χ1v) is 4.97. The van der Waals surface area contributed by atoms with Crippen molar-refractivity contribution in [3.05, 3.63) is 29.5 Å². The summed E-state index contributed by atoms with van der Waals surface area (Å²) in [5, 5.41) is 0.805. The predicted octanol–water partition coefficient (Wildman–Crippen LogP) is 1.89. The zero-order chi connectivity index (χ0) is 11.7. The molecule has 84 valence electrons. The SMILES string of the molecule is COc1c(C)cc(C(=O)CN)c2occc12. The fraction of sp³-hybridized carbons (Fsp3) is 0.250. The highest BCUT2D eigenvalue weighted by Crippen LogP contribution is 2.33. The molecule has 0 aliphatic rings. The third kappa shape index (κ3) is 1.47. The molecular formula is C12H13NO3. The van der Waals surface area contributed by atoms with E-state index < -0.39 is 0 Å². The van der Waals surface area contributed by atoms with Gasteiger partial charge in [-0.1, -0.05) is 0 Å². The highest BCUT2D eigenvalue weighted by atomic mass is 16.5. The average molecular weight is 219 g/mol. The van der Waals surface area contributed by atoms with Gasteiger partial charge in [0.1, 0.15) is 11.3 Å². The van der Waals surface area contributed by atoms with Gasteiger partial charge in [0.2, 0.25) is 0 Å². The van der Waals surface area contributed by atoms with Gasteiger partial charge in [-0.2, -0.15) is 0 Å². The van der Waals surface area contributed by atoms with Crippen molar-refractivity contribution in [1.29, 1.82) is 0 Å². The molecule has 2 N–H and O–H groups in total. The largest absolute Gasteiger partial charge is 0.496 e. The fourth-order valence-corrected chi connectivity index (χ4v) is 1.84. The summed E-state index contributed by atoms with van der Waals surface area (Å²) in [5.74, 6) is 0.600. The Labute approximate surface area is 93.0 Å². The third-order valence-corrected chi connectivity index (χ3v) is 2.56. The number of carbonyl (C=O) groups is 1. The first-order valence-electron chi connectivity index (χ1n) is 4.97. The van der Waals surface area contributed by atoms with E-state index in [0.717, 1.165) is 16.7 Å². The summed E-state index contributed by atoms with van der Waals surface area (Å²) in [6.07, 6.45) is 1.54. The van der Waals surface area contributed by atoms with Crippen LogP contribution in [0.15, 0.2) is 22.8 Å². The summed E-state index contributed by atoms with van der Waals surface area (Å²) < 4.78 is 10.6. The van der Waals surface area contributed by atoms with Gasteiger partial charge in [0.05, 0.1) is 30.9 Å². The first-order chi connectivity index (χ1) is 7.69. The van der Waals surface area contributed by atoms with E-state index in [-0.39, 0.29) is 12.3 Å². The number of ketones is 1. The van der Waals surface area contributed by atoms with Crippen LogP contribution in [0, 0.1) is 6.92 Å². The maximum atomic E-state index is 11.7. The van der Waals surface area contributed by atoms with Crippen molar-refractivity contribution in [3.8, 4) is 5.75 Å². The zero-order valence-corrected chi connectivity index (χ0v) is 9.24. The second kappa shape index (κ2) is 3.98. The van der Waals surface area contributed by atoms with Crippen LogP contribution in [0.2, 0.25) is 0 Å². The van der Waals surface area contributed by atoms with Gasteiger partial charge >= 0.3 is 0 Å². The highest BCUT2D eigenvalue weighted by molar-refractivity contribution is 6.08. The number of aryl methyl sites for hydroxylation is 1. The molecule has 16 heavy (non-hydrogen) atoms. The molecule has 0 spiro atoms.